The van der Waals surface area contributed by atoms with Gasteiger partial charge in [-0.1, -0.05) is 13.8 Å². The average Bonchev–Trinajstić information content (AvgIpc) is 1.71. The van der Waals surface area contributed by atoms with E-state index in [2.05, 4.69) is 61.3 Å². The van der Waals surface area contributed by atoms with Gasteiger partial charge < -0.3 is 86.1 Å². The molecule has 32 heteroatoms. The molecule has 12 rings (SSSR count). The van der Waals surface area contributed by atoms with Gasteiger partial charge in [-0.15, -0.1) is 0 Å². The van der Waals surface area contributed by atoms with Crippen LogP contribution in [0.25, 0.3) is 4.85 Å². The van der Waals surface area contributed by atoms with Crippen molar-refractivity contribution in [3.05, 3.63) is 51.1 Å². The average molecular weight is 2650 g/mol. The molecule has 0 aromatic heterocycles. The SMILES string of the molecule is CC(ON(C)C[C@H]1[C@@H]2[CH-]O[C@@]1(CO)CO2)[C@@]12CO[C@@H]([CH-]O1)[C@@H]2C.[2H]C[C@@]12CO[C@@H]([CH-]O1)[C@@H]2CN(C)OC(C)[C@@]12CO[C@@H]([CH-]O1)[C@@H]2C.[2H]C[C@@]12CO[C@@H]([CH-]O1)[C@@H]2CN(C)OC(C)[C@@]12CO[C@@H]([CH-]O1)[C@@H]2OP(OCC[N+]#[C-])N(C(C)C)C(C)C.[3H]OC.[3H]OC.[U].[U].[U].[U].[U].[U]. The molecule has 0 radical (unpaired) electrons. The number of fused-ring (bicyclic) bond motifs is 12. The third-order valence-corrected chi connectivity index (χ3v) is 20.8. The van der Waals surface area contributed by atoms with Crippen LogP contribution in [0.15, 0.2) is 0 Å². The molecule has 3 N–H and O–H groups in total. The predicted octanol–water partition coefficient (Wildman–Crippen LogP) is 3.73. The maximum atomic E-state index is 9.68. The standard InChI is InChI=1S/C24H40N3O7P.C16H25NO6.C16H25NO5.2CH4O.6U/c1-16(2)27(17(3)4)35(32-10-9-25-7)34-22-21-13-31-24(22,15-29-21)18(5)33-26(8)11-19-20-12-30-23(19,6)14-28-20;1-10-13-5-22-16(10,9-20-13)11(2)23-17(3)4-12-14-6-21-15(12,7-18)8-19-14;1-10-13-6-21-16(10,9-19-13)11(2)22-17(4)5-12-14-7-20-15(12,3)8-18-14;2*1-2;;;;;;/h12-13,16-22H,9-11,14-15H2,1-6,8H3;5-6,10-14,18H,4,7-9H2,1-3H3;6-7,10-14H,5,8-9H2,1-4H3;2*2H,1H3;;;;;;/q3*-2;;;;;;;;/t18?,19-,20-,21-,22-,23-,24+,35?;2*10-,11?,12-,13-,14-,15-,16-;;;;;;;;/m000......../s1/i6D;;3D;2*2T;;;;;;. The van der Waals surface area contributed by atoms with E-state index in [0.29, 0.717) is 65.9 Å². The molecule has 0 amide bonds. The molecule has 12 saturated heterocycles. The van der Waals surface area contributed by atoms with Gasteiger partial charge in [0.2, 0.25) is 9.41 Å². The molecule has 12 aliphatic heterocycles. The Balaban J connectivity index is 0.000000459. The summed E-state index contributed by atoms with van der Waals surface area (Å²) < 4.78 is 112. The van der Waals surface area contributed by atoms with Crippen molar-refractivity contribution < 1.29 is 285 Å². The summed E-state index contributed by atoms with van der Waals surface area (Å²) in [7, 11) is 6.82. The summed E-state index contributed by atoms with van der Waals surface area (Å²) in [6.07, 6.45) is -1.52. The third kappa shape index (κ3) is 19.2. The number of aliphatic hydroxyl groups excluding tert-OH is 3. The Hall–Kier alpha value is 5.27. The number of aliphatic hydroxyl groups is 3. The molecular weight excluding hydrogens is 2550 g/mol. The Bertz CT molecular complexity index is 2110. The topological polar surface area (TPSA) is 235 Å². The Morgan fingerprint density at radius 1 is 0.567 bits per heavy atom. The van der Waals surface area contributed by atoms with Crippen LogP contribution < -0.4 is 0 Å². The molecule has 4 unspecified atom stereocenters. The van der Waals surface area contributed by atoms with Crippen LogP contribution in [0, 0.1) is 262 Å². The number of hydrogen-bond donors (Lipinski definition) is 3. The second kappa shape index (κ2) is 40.0. The van der Waals surface area contributed by atoms with E-state index < -0.39 is 48.2 Å². The summed E-state index contributed by atoms with van der Waals surface area (Å²) in [5.41, 5.74) is -3.40. The minimum atomic E-state index is -1.46. The number of hydrogen-bond acceptors (Lipinski definition) is 24. The molecule has 12 bridgehead atoms. The molecule has 0 aromatic carbocycles. The molecule has 0 aromatic rings. The van der Waals surface area contributed by atoms with Gasteiger partial charge in [0, 0.05) is 274 Å². The van der Waals surface area contributed by atoms with Crippen molar-refractivity contribution in [3.63, 3.8) is 0 Å². The van der Waals surface area contributed by atoms with Crippen LogP contribution in [0.1, 0.15) is 78.9 Å². The van der Waals surface area contributed by atoms with E-state index in [1.165, 1.54) is 14.2 Å². The van der Waals surface area contributed by atoms with E-state index in [9.17, 15) is 5.11 Å². The van der Waals surface area contributed by atoms with Gasteiger partial charge in [-0.25, -0.2) is 11.2 Å². The van der Waals surface area contributed by atoms with Crippen LogP contribution in [-0.4, -0.2) is 259 Å². The van der Waals surface area contributed by atoms with Gasteiger partial charge >= 0.3 is 0 Å². The summed E-state index contributed by atoms with van der Waals surface area (Å²) in [4.78, 5) is 22.0. The minimum Gasteiger partial charge on any atom is -0.543 e. The van der Waals surface area contributed by atoms with Crippen molar-refractivity contribution >= 4 is 8.53 Å². The monoisotopic (exact) mass is 2650 g/mol. The molecule has 22 atom stereocenters. The summed E-state index contributed by atoms with van der Waals surface area (Å²) in [5, 5.41) is 22.1. The molecule has 12 fully saturated rings. The zero-order chi connectivity index (χ0) is 64.0. The van der Waals surface area contributed by atoms with Crippen LogP contribution in [-0.2, 0) is 80.4 Å². The summed E-state index contributed by atoms with van der Waals surface area (Å²) in [6, 6.07) is 0.383. The van der Waals surface area contributed by atoms with Crippen LogP contribution in [0.2, 0.25) is 0 Å². The summed E-state index contributed by atoms with van der Waals surface area (Å²) in [6.45, 7) is 41.7. The maximum absolute atomic E-state index is 9.68. The van der Waals surface area contributed by atoms with Crippen LogP contribution in [0.4, 0.5) is 0 Å². The first-order valence-corrected chi connectivity index (χ1v) is 30.4. The first-order valence-electron chi connectivity index (χ1n) is 31.5. The first kappa shape index (κ1) is 84.2. The van der Waals surface area contributed by atoms with Crippen LogP contribution in [0.3, 0.4) is 0 Å². The molecule has 90 heavy (non-hydrogen) atoms. The normalized spacial score (nSPS) is 40.5. The van der Waals surface area contributed by atoms with Crippen molar-refractivity contribution in [1.82, 2.24) is 19.9 Å². The molecule has 12 aliphatic rings. The smallest absolute Gasteiger partial charge is 0.259 e. The van der Waals surface area contributed by atoms with E-state index in [1.54, 1.807) is 49.8 Å². The fourth-order valence-electron chi connectivity index (χ4n) is 13.5. The second-order valence-electron chi connectivity index (χ2n) is 24.5. The Labute approximate surface area is 685 Å². The van der Waals surface area contributed by atoms with E-state index >= 15 is 0 Å². The number of hydroxylamine groups is 6. The van der Waals surface area contributed by atoms with Gasteiger partial charge in [-0.3, -0.25) is 14.5 Å². The number of nitrogens with zero attached hydrogens (tertiary/aromatic N) is 5. The number of rotatable bonds is 24. The second-order valence-corrected chi connectivity index (χ2v) is 25.9. The molecular formula is C58H98N5O20PU6-6. The molecule has 0 spiro atoms. The first-order chi connectivity index (χ1) is 42.0. The van der Waals surface area contributed by atoms with E-state index in [0.717, 1.165) is 0 Å². The minimum absolute atomic E-state index is 0. The van der Waals surface area contributed by atoms with Gasteiger partial charge in [0.1, 0.15) is 30.5 Å². The van der Waals surface area contributed by atoms with Gasteiger partial charge in [0.25, 0.3) is 8.53 Å². The van der Waals surface area contributed by atoms with Crippen molar-refractivity contribution in [2.75, 3.05) is 114 Å². The fraction of sp³-hybridized carbons (Fsp3) is 0.879. The number of ether oxygens (including phenoxy) is 12. The van der Waals surface area contributed by atoms with Gasteiger partial charge in [-0.05, 0) is 111 Å². The largest absolute Gasteiger partial charge is 0.543 e. The molecule has 0 saturated carbocycles. The molecule has 510 valence electrons. The Morgan fingerprint density at radius 3 is 1.27 bits per heavy atom. The maximum Gasteiger partial charge on any atom is 0.259 e. The van der Waals surface area contributed by atoms with Crippen molar-refractivity contribution in [2.45, 2.75) is 183 Å². The molecule has 0 aliphatic carbocycles. The Kier molecular flexibility index (Phi) is 37.4. The molecule has 25 nitrogen and oxygen atoms in total. The van der Waals surface area contributed by atoms with Gasteiger partial charge in [0.15, 0.2) is 0 Å². The van der Waals surface area contributed by atoms with Crippen molar-refractivity contribution in [1.29, 1.82) is 2.86 Å². The van der Waals surface area contributed by atoms with Crippen LogP contribution in [0.5, 0.6) is 0 Å². The fourth-order valence-corrected chi connectivity index (χ4v) is 15.3. The zero-order valence-electron chi connectivity index (χ0n) is 58.6. The third-order valence-electron chi connectivity index (χ3n) is 18.7. The Morgan fingerprint density at radius 2 is 0.933 bits per heavy atom. The zero-order valence-corrected chi connectivity index (χ0v) is 80.4. The van der Waals surface area contributed by atoms with Crippen molar-refractivity contribution in [2.24, 2.45) is 29.6 Å². The van der Waals surface area contributed by atoms with E-state index in [4.69, 9.17) is 92.6 Å². The summed E-state index contributed by atoms with van der Waals surface area (Å²) in [5.74, 6) is 0.763. The van der Waals surface area contributed by atoms with Crippen LogP contribution >= 0.6 is 8.53 Å². The molecule has 12 heterocycles. The van der Waals surface area contributed by atoms with E-state index in [-0.39, 0.29) is 310 Å². The van der Waals surface area contributed by atoms with Gasteiger partial charge in [0.05, 0.1) is 80.4 Å². The summed E-state index contributed by atoms with van der Waals surface area (Å²) >= 11 is 0. The predicted molar refractivity (Wildman–Crippen MR) is 302 cm³/mol. The quantitative estimate of drug-likeness (QED) is 0.0541. The van der Waals surface area contributed by atoms with Crippen molar-refractivity contribution in [3.8, 4) is 0 Å². The van der Waals surface area contributed by atoms with Gasteiger partial charge in [-0.2, -0.15) is 54.8 Å². The van der Waals surface area contributed by atoms with E-state index in [1.807, 2.05) is 47.0 Å².